The third-order valence-electron chi connectivity index (χ3n) is 6.46. The van der Waals surface area contributed by atoms with Gasteiger partial charge in [-0.3, -0.25) is 14.5 Å². The van der Waals surface area contributed by atoms with Crippen LogP contribution in [-0.4, -0.2) is 73.1 Å². The summed E-state index contributed by atoms with van der Waals surface area (Å²) in [6, 6.07) is 16.4. The van der Waals surface area contributed by atoms with Gasteiger partial charge in [0.2, 0.25) is 15.9 Å². The van der Waals surface area contributed by atoms with Crippen LogP contribution < -0.4 is 5.32 Å². The summed E-state index contributed by atoms with van der Waals surface area (Å²) in [5, 5.41) is 3.44. The summed E-state index contributed by atoms with van der Waals surface area (Å²) in [7, 11) is -3.65. The van der Waals surface area contributed by atoms with Crippen LogP contribution in [0.4, 0.5) is 4.79 Å². The molecule has 0 saturated carbocycles. The molecule has 3 heterocycles. The lowest BCUT2D eigenvalue weighted by atomic mass is 9.99. The van der Waals surface area contributed by atoms with Crippen molar-refractivity contribution < 1.29 is 27.2 Å². The Morgan fingerprint density at radius 2 is 1.66 bits per heavy atom. The monoisotopic (exact) mass is 496 g/mol. The van der Waals surface area contributed by atoms with Crippen LogP contribution >= 0.6 is 0 Å². The van der Waals surface area contributed by atoms with Gasteiger partial charge >= 0.3 is 6.03 Å². The topological polar surface area (TPSA) is 120 Å². The van der Waals surface area contributed by atoms with E-state index < -0.39 is 40.0 Å². The molecule has 2 aromatic carbocycles. The van der Waals surface area contributed by atoms with Crippen molar-refractivity contribution in [3.63, 3.8) is 0 Å². The first kappa shape index (κ1) is 23.1. The van der Waals surface area contributed by atoms with Crippen molar-refractivity contribution >= 4 is 38.8 Å². The van der Waals surface area contributed by atoms with Crippen LogP contribution in [0.2, 0.25) is 0 Å². The third-order valence-corrected chi connectivity index (χ3v) is 8.37. The van der Waals surface area contributed by atoms with E-state index in [4.69, 9.17) is 4.42 Å². The number of carbonyl (C=O) groups is 3. The van der Waals surface area contributed by atoms with E-state index in [1.807, 2.05) is 18.2 Å². The van der Waals surface area contributed by atoms with Gasteiger partial charge in [0.1, 0.15) is 17.9 Å². The summed E-state index contributed by atoms with van der Waals surface area (Å²) in [4.78, 5) is 41.3. The SMILES string of the molecule is CC1(c2cc3ccccc3o2)NC(=O)N(CC(=O)N2CCN(S(=O)(=O)c3ccccc3)CC2)C1=O. The van der Waals surface area contributed by atoms with Gasteiger partial charge in [-0.05, 0) is 31.2 Å². The molecule has 1 aromatic heterocycles. The normalized spacial score (nSPS) is 21.5. The predicted molar refractivity (Wildman–Crippen MR) is 126 cm³/mol. The molecule has 11 heteroatoms. The average Bonchev–Trinajstić information content (AvgIpc) is 3.40. The zero-order chi connectivity index (χ0) is 24.8. The van der Waals surface area contributed by atoms with Gasteiger partial charge in [-0.25, -0.2) is 13.2 Å². The molecule has 35 heavy (non-hydrogen) atoms. The second-order valence-corrected chi connectivity index (χ2v) is 10.6. The molecule has 2 aliphatic heterocycles. The number of piperazine rings is 1. The molecule has 2 saturated heterocycles. The lowest BCUT2D eigenvalue weighted by molar-refractivity contribution is -0.139. The van der Waals surface area contributed by atoms with E-state index in [9.17, 15) is 22.8 Å². The third kappa shape index (κ3) is 3.96. The lowest BCUT2D eigenvalue weighted by Crippen LogP contribution is -2.53. The molecule has 0 spiro atoms. The van der Waals surface area contributed by atoms with E-state index in [-0.39, 0.29) is 36.8 Å². The number of carbonyl (C=O) groups excluding carboxylic acids is 3. The van der Waals surface area contributed by atoms with Crippen LogP contribution in [0, 0.1) is 0 Å². The summed E-state index contributed by atoms with van der Waals surface area (Å²) in [6.45, 7) is 1.68. The molecule has 0 bridgehead atoms. The van der Waals surface area contributed by atoms with E-state index in [1.165, 1.54) is 21.3 Å². The quantitative estimate of drug-likeness (QED) is 0.537. The van der Waals surface area contributed by atoms with Crippen molar-refractivity contribution in [2.45, 2.75) is 17.4 Å². The van der Waals surface area contributed by atoms with Gasteiger partial charge in [0, 0.05) is 31.6 Å². The van der Waals surface area contributed by atoms with Crippen molar-refractivity contribution in [1.29, 1.82) is 0 Å². The number of urea groups is 1. The van der Waals surface area contributed by atoms with Crippen molar-refractivity contribution in [2.24, 2.45) is 0 Å². The lowest BCUT2D eigenvalue weighted by Gasteiger charge is -2.34. The highest BCUT2D eigenvalue weighted by atomic mass is 32.2. The molecule has 10 nitrogen and oxygen atoms in total. The molecule has 3 aromatic rings. The number of hydrogen-bond donors (Lipinski definition) is 1. The molecule has 0 radical (unpaired) electrons. The van der Waals surface area contributed by atoms with Gasteiger partial charge in [-0.15, -0.1) is 0 Å². The molecular formula is C24H24N4O6S. The van der Waals surface area contributed by atoms with Crippen LogP contribution in [-0.2, 0) is 25.2 Å². The molecule has 1 atom stereocenters. The van der Waals surface area contributed by atoms with E-state index in [1.54, 1.807) is 37.3 Å². The van der Waals surface area contributed by atoms with Gasteiger partial charge in [0.05, 0.1) is 4.90 Å². The molecule has 5 rings (SSSR count). The number of fused-ring (bicyclic) bond motifs is 1. The minimum atomic E-state index is -3.65. The van der Waals surface area contributed by atoms with Crippen LogP contribution in [0.25, 0.3) is 11.0 Å². The van der Waals surface area contributed by atoms with Crippen molar-refractivity contribution in [2.75, 3.05) is 32.7 Å². The molecule has 1 N–H and O–H groups in total. The Kier molecular flexibility index (Phi) is 5.60. The Morgan fingerprint density at radius 3 is 2.34 bits per heavy atom. The number of nitrogens with zero attached hydrogens (tertiary/aromatic N) is 3. The summed E-state index contributed by atoms with van der Waals surface area (Å²) >= 11 is 0. The molecule has 0 aliphatic carbocycles. The Bertz CT molecular complexity index is 1380. The average molecular weight is 497 g/mol. The number of hydrogen-bond acceptors (Lipinski definition) is 6. The Balaban J connectivity index is 1.25. The number of imide groups is 1. The Morgan fingerprint density at radius 1 is 1.00 bits per heavy atom. The summed E-state index contributed by atoms with van der Waals surface area (Å²) < 4.78 is 32.7. The smallest absolute Gasteiger partial charge is 0.325 e. The van der Waals surface area contributed by atoms with Gasteiger partial charge in [0.25, 0.3) is 5.91 Å². The first-order chi connectivity index (χ1) is 16.7. The van der Waals surface area contributed by atoms with Gasteiger partial charge in [-0.1, -0.05) is 36.4 Å². The number of nitrogens with one attached hydrogen (secondary N) is 1. The predicted octanol–water partition coefficient (Wildman–Crippen LogP) is 1.73. The number of amides is 4. The van der Waals surface area contributed by atoms with Crippen molar-refractivity contribution in [1.82, 2.24) is 19.4 Å². The number of benzene rings is 2. The highest BCUT2D eigenvalue weighted by Crippen LogP contribution is 2.33. The molecule has 2 aliphatic rings. The van der Waals surface area contributed by atoms with Gasteiger partial charge in [-0.2, -0.15) is 4.31 Å². The highest BCUT2D eigenvalue weighted by molar-refractivity contribution is 7.89. The number of furan rings is 1. The molecule has 2 fully saturated rings. The molecule has 182 valence electrons. The number of rotatable bonds is 5. The molecule has 1 unspecified atom stereocenters. The Labute approximate surface area is 202 Å². The summed E-state index contributed by atoms with van der Waals surface area (Å²) in [5.41, 5.74) is -0.845. The van der Waals surface area contributed by atoms with Crippen LogP contribution in [0.3, 0.4) is 0 Å². The number of sulfonamides is 1. The zero-order valence-electron chi connectivity index (χ0n) is 19.0. The zero-order valence-corrected chi connectivity index (χ0v) is 19.8. The van der Waals surface area contributed by atoms with E-state index in [0.29, 0.717) is 5.58 Å². The molecular weight excluding hydrogens is 472 g/mol. The van der Waals surface area contributed by atoms with Crippen molar-refractivity contribution in [3.05, 3.63) is 66.4 Å². The largest absolute Gasteiger partial charge is 0.458 e. The summed E-state index contributed by atoms with van der Waals surface area (Å²) in [6.07, 6.45) is 0. The first-order valence-corrected chi connectivity index (χ1v) is 12.6. The highest BCUT2D eigenvalue weighted by Gasteiger charge is 2.52. The number of para-hydroxylation sites is 1. The maximum absolute atomic E-state index is 13.2. The van der Waals surface area contributed by atoms with Crippen LogP contribution in [0.1, 0.15) is 12.7 Å². The van der Waals surface area contributed by atoms with E-state index >= 15 is 0 Å². The minimum absolute atomic E-state index is 0.125. The van der Waals surface area contributed by atoms with Gasteiger partial charge in [0.15, 0.2) is 5.54 Å². The minimum Gasteiger partial charge on any atom is -0.458 e. The van der Waals surface area contributed by atoms with Gasteiger partial charge < -0.3 is 14.6 Å². The van der Waals surface area contributed by atoms with Crippen LogP contribution in [0.5, 0.6) is 0 Å². The maximum atomic E-state index is 13.2. The fraction of sp³-hybridized carbons (Fsp3) is 0.292. The Hall–Kier alpha value is -3.70. The van der Waals surface area contributed by atoms with Crippen LogP contribution in [0.15, 0.2) is 70.0 Å². The summed E-state index contributed by atoms with van der Waals surface area (Å²) in [5.74, 6) is -0.731. The van der Waals surface area contributed by atoms with Crippen molar-refractivity contribution in [3.8, 4) is 0 Å². The second kappa shape index (κ2) is 8.51. The second-order valence-electron chi connectivity index (χ2n) is 8.69. The fourth-order valence-corrected chi connectivity index (χ4v) is 5.83. The molecule has 4 amide bonds. The standard InChI is InChI=1S/C24H24N4O6S/c1-24(20-15-17-7-5-6-10-19(17)34-20)22(30)28(23(31)25-24)16-21(29)26-11-13-27(14-12-26)35(32,33)18-8-3-2-4-9-18/h2-10,15H,11-14,16H2,1H3,(H,25,31). The van der Waals surface area contributed by atoms with E-state index in [0.717, 1.165) is 10.3 Å². The maximum Gasteiger partial charge on any atom is 0.325 e. The van der Waals surface area contributed by atoms with E-state index in [2.05, 4.69) is 5.32 Å². The first-order valence-electron chi connectivity index (χ1n) is 11.2. The fourth-order valence-electron chi connectivity index (χ4n) is 4.39.